The van der Waals surface area contributed by atoms with Gasteiger partial charge in [0, 0.05) is 39.4 Å². The van der Waals surface area contributed by atoms with Crippen LogP contribution < -0.4 is 10.2 Å². The predicted molar refractivity (Wildman–Crippen MR) is 90.8 cm³/mol. The number of likely N-dealkylation sites (N-methyl/N-ethyl adjacent to an activating group) is 1. The molecule has 2 N–H and O–H groups in total. The zero-order valence-corrected chi connectivity index (χ0v) is 14.2. The van der Waals surface area contributed by atoms with Gasteiger partial charge in [0.2, 0.25) is 5.91 Å². The second-order valence-electron chi connectivity index (χ2n) is 5.97. The molecule has 0 bridgehead atoms. The van der Waals surface area contributed by atoms with E-state index in [1.54, 1.807) is 11.9 Å². The largest absolute Gasteiger partial charge is 0.389 e. The Bertz CT molecular complexity index is 579. The quantitative estimate of drug-likeness (QED) is 0.778. The molecule has 0 radical (unpaired) electrons. The molecule has 3 amide bonds. The van der Waals surface area contributed by atoms with Crippen LogP contribution in [0.15, 0.2) is 24.3 Å². The molecule has 1 heterocycles. The molecule has 0 unspecified atom stereocenters. The maximum absolute atomic E-state index is 12.0. The van der Waals surface area contributed by atoms with Crippen LogP contribution in [0.2, 0.25) is 0 Å². The third-order valence-electron chi connectivity index (χ3n) is 3.93. The van der Waals surface area contributed by atoms with Crippen LogP contribution in [-0.4, -0.2) is 61.9 Å². The van der Waals surface area contributed by atoms with Gasteiger partial charge in [0.15, 0.2) is 0 Å². The molecule has 1 saturated heterocycles. The fourth-order valence-electron chi connectivity index (χ4n) is 2.71. The van der Waals surface area contributed by atoms with Crippen LogP contribution in [0.5, 0.6) is 0 Å². The van der Waals surface area contributed by atoms with E-state index in [1.807, 2.05) is 24.3 Å². The number of carbonyl (C=O) groups excluding carboxylic acids is 2. The van der Waals surface area contributed by atoms with Gasteiger partial charge in [0.1, 0.15) is 0 Å². The Hall–Kier alpha value is -2.12. The number of benzene rings is 1. The predicted octanol–water partition coefficient (Wildman–Crippen LogP) is 0.962. The molecular weight excluding hydrogens is 310 g/mol. The molecule has 0 aliphatic carbocycles. The van der Waals surface area contributed by atoms with Crippen molar-refractivity contribution in [1.29, 1.82) is 0 Å². The van der Waals surface area contributed by atoms with E-state index in [9.17, 15) is 14.7 Å². The number of hydrogen-bond acceptors (Lipinski definition) is 4. The standard InChI is InChI=1S/C17H25N3O4/c1-19(11-15(21)12-24-2)17(23)18-10-13-5-3-6-14(9-13)20-8-4-7-16(20)22/h3,5-6,9,15,21H,4,7-8,10-12H2,1-2H3,(H,18,23)/t15-/m0/s1. The first kappa shape index (κ1) is 18.2. The zero-order valence-electron chi connectivity index (χ0n) is 14.2. The number of carbonyl (C=O) groups is 2. The van der Waals surface area contributed by atoms with Gasteiger partial charge >= 0.3 is 6.03 Å². The van der Waals surface area contributed by atoms with Crippen molar-refractivity contribution in [3.63, 3.8) is 0 Å². The van der Waals surface area contributed by atoms with Crippen molar-refractivity contribution < 1.29 is 19.4 Å². The summed E-state index contributed by atoms with van der Waals surface area (Å²) in [6.45, 7) is 1.49. The summed E-state index contributed by atoms with van der Waals surface area (Å²) in [5, 5.41) is 12.5. The minimum absolute atomic E-state index is 0.142. The lowest BCUT2D eigenvalue weighted by Crippen LogP contribution is -2.42. The Balaban J connectivity index is 1.87. The van der Waals surface area contributed by atoms with Crippen LogP contribution in [0.25, 0.3) is 0 Å². The Labute approximate surface area is 142 Å². The van der Waals surface area contributed by atoms with Crippen LogP contribution in [0.3, 0.4) is 0 Å². The lowest BCUT2D eigenvalue weighted by molar-refractivity contribution is -0.117. The van der Waals surface area contributed by atoms with Gasteiger partial charge in [0.25, 0.3) is 0 Å². The van der Waals surface area contributed by atoms with Crippen LogP contribution in [0, 0.1) is 0 Å². The van der Waals surface area contributed by atoms with Gasteiger partial charge in [-0.2, -0.15) is 0 Å². The topological polar surface area (TPSA) is 82.1 Å². The molecule has 0 aromatic heterocycles. The van der Waals surface area contributed by atoms with Crippen molar-refractivity contribution in [2.75, 3.05) is 38.8 Å². The second-order valence-corrected chi connectivity index (χ2v) is 5.97. The molecule has 0 spiro atoms. The number of nitrogens with zero attached hydrogens (tertiary/aromatic N) is 2. The Morgan fingerprint density at radius 3 is 2.96 bits per heavy atom. The van der Waals surface area contributed by atoms with E-state index in [0.717, 1.165) is 24.2 Å². The molecular formula is C17H25N3O4. The highest BCUT2D eigenvalue weighted by atomic mass is 16.5. The number of anilines is 1. The van der Waals surface area contributed by atoms with Gasteiger partial charge in [-0.15, -0.1) is 0 Å². The van der Waals surface area contributed by atoms with E-state index in [2.05, 4.69) is 5.32 Å². The summed E-state index contributed by atoms with van der Waals surface area (Å²) in [5.74, 6) is 0.142. The summed E-state index contributed by atoms with van der Waals surface area (Å²) in [7, 11) is 3.12. The van der Waals surface area contributed by atoms with Crippen molar-refractivity contribution in [2.45, 2.75) is 25.5 Å². The molecule has 0 saturated carbocycles. The zero-order chi connectivity index (χ0) is 17.5. The smallest absolute Gasteiger partial charge is 0.317 e. The molecule has 1 aliphatic rings. The number of nitrogens with one attached hydrogen (secondary N) is 1. The van der Waals surface area contributed by atoms with Crippen LogP contribution in [-0.2, 0) is 16.1 Å². The van der Waals surface area contributed by atoms with Gasteiger partial charge in [-0.3, -0.25) is 4.79 Å². The molecule has 7 heteroatoms. The highest BCUT2D eigenvalue weighted by Crippen LogP contribution is 2.22. The number of amides is 3. The number of aliphatic hydroxyl groups excluding tert-OH is 1. The first-order valence-corrected chi connectivity index (χ1v) is 8.06. The summed E-state index contributed by atoms with van der Waals surface area (Å²) >= 11 is 0. The minimum atomic E-state index is -0.713. The highest BCUT2D eigenvalue weighted by Gasteiger charge is 2.21. The molecule has 132 valence electrons. The average Bonchev–Trinajstić information content (AvgIpc) is 2.99. The Kier molecular flexibility index (Phi) is 6.57. The third kappa shape index (κ3) is 4.94. The molecule has 1 atom stereocenters. The summed E-state index contributed by atoms with van der Waals surface area (Å²) in [6.07, 6.45) is 0.763. The number of urea groups is 1. The molecule has 2 rings (SSSR count). The number of aliphatic hydroxyl groups is 1. The van der Waals surface area contributed by atoms with E-state index in [4.69, 9.17) is 4.74 Å². The van der Waals surface area contributed by atoms with E-state index in [1.165, 1.54) is 12.0 Å². The van der Waals surface area contributed by atoms with Crippen LogP contribution in [0.1, 0.15) is 18.4 Å². The fraction of sp³-hybridized carbons (Fsp3) is 0.529. The van der Waals surface area contributed by atoms with Gasteiger partial charge in [0.05, 0.1) is 19.3 Å². The number of hydrogen-bond donors (Lipinski definition) is 2. The number of methoxy groups -OCH3 is 1. The first-order valence-electron chi connectivity index (χ1n) is 8.06. The van der Waals surface area contributed by atoms with E-state index in [0.29, 0.717) is 13.0 Å². The Morgan fingerprint density at radius 1 is 1.50 bits per heavy atom. The fourth-order valence-corrected chi connectivity index (χ4v) is 2.71. The molecule has 1 fully saturated rings. The van der Waals surface area contributed by atoms with Crippen molar-refractivity contribution in [3.8, 4) is 0 Å². The van der Waals surface area contributed by atoms with Crippen molar-refractivity contribution in [2.24, 2.45) is 0 Å². The lowest BCUT2D eigenvalue weighted by atomic mass is 10.2. The van der Waals surface area contributed by atoms with E-state index in [-0.39, 0.29) is 25.1 Å². The van der Waals surface area contributed by atoms with Crippen LogP contribution >= 0.6 is 0 Å². The number of rotatable bonds is 7. The molecule has 1 aromatic carbocycles. The third-order valence-corrected chi connectivity index (χ3v) is 3.93. The summed E-state index contributed by atoms with van der Waals surface area (Å²) in [5.41, 5.74) is 1.79. The van der Waals surface area contributed by atoms with E-state index < -0.39 is 6.10 Å². The Morgan fingerprint density at radius 2 is 2.29 bits per heavy atom. The van der Waals surface area contributed by atoms with Gasteiger partial charge in [-0.1, -0.05) is 12.1 Å². The monoisotopic (exact) mass is 335 g/mol. The molecule has 7 nitrogen and oxygen atoms in total. The lowest BCUT2D eigenvalue weighted by Gasteiger charge is -2.21. The second kappa shape index (κ2) is 8.65. The maximum atomic E-state index is 12.0. The SMILES string of the molecule is COC[C@@H](O)CN(C)C(=O)NCc1cccc(N2CCCC2=O)c1. The number of ether oxygens (including phenoxy) is 1. The van der Waals surface area contributed by atoms with Crippen molar-refractivity contribution >= 4 is 17.6 Å². The summed E-state index contributed by atoms with van der Waals surface area (Å²) < 4.78 is 4.84. The molecule has 24 heavy (non-hydrogen) atoms. The minimum Gasteiger partial charge on any atom is -0.389 e. The molecule has 1 aromatic rings. The summed E-state index contributed by atoms with van der Waals surface area (Å²) in [6, 6.07) is 7.34. The molecule has 1 aliphatic heterocycles. The van der Waals surface area contributed by atoms with Gasteiger partial charge in [-0.25, -0.2) is 4.79 Å². The average molecular weight is 335 g/mol. The maximum Gasteiger partial charge on any atom is 0.317 e. The van der Waals surface area contributed by atoms with Crippen LogP contribution in [0.4, 0.5) is 10.5 Å². The normalized spacial score (nSPS) is 15.5. The van der Waals surface area contributed by atoms with E-state index >= 15 is 0 Å². The summed E-state index contributed by atoms with van der Waals surface area (Å²) in [4.78, 5) is 27.1. The first-order chi connectivity index (χ1) is 11.5. The van der Waals surface area contributed by atoms with Gasteiger partial charge in [-0.05, 0) is 24.1 Å². The van der Waals surface area contributed by atoms with Crippen molar-refractivity contribution in [1.82, 2.24) is 10.2 Å². The van der Waals surface area contributed by atoms with Crippen molar-refractivity contribution in [3.05, 3.63) is 29.8 Å². The van der Waals surface area contributed by atoms with Gasteiger partial charge < -0.3 is 25.0 Å². The highest BCUT2D eigenvalue weighted by molar-refractivity contribution is 5.95.